The summed E-state index contributed by atoms with van der Waals surface area (Å²) in [5.41, 5.74) is 5.88. The summed E-state index contributed by atoms with van der Waals surface area (Å²) in [5.74, 6) is 0.603. The molecule has 2 unspecified atom stereocenters. The zero-order valence-corrected chi connectivity index (χ0v) is 9.44. The van der Waals surface area contributed by atoms with Gasteiger partial charge in [-0.15, -0.1) is 0 Å². The number of hydrogen-bond donors (Lipinski definition) is 1. The van der Waals surface area contributed by atoms with Crippen molar-refractivity contribution >= 4 is 5.91 Å². The van der Waals surface area contributed by atoms with Crippen molar-refractivity contribution in [2.75, 3.05) is 7.05 Å². The number of hydrogen-bond acceptors (Lipinski definition) is 3. The van der Waals surface area contributed by atoms with Crippen LogP contribution in [0.2, 0.25) is 0 Å². The highest BCUT2D eigenvalue weighted by atomic mass is 16.2. The molecular weight excluding hydrogens is 190 g/mol. The van der Waals surface area contributed by atoms with Crippen LogP contribution in [0.1, 0.15) is 32.6 Å². The van der Waals surface area contributed by atoms with Gasteiger partial charge in [0.2, 0.25) is 5.91 Å². The lowest BCUT2D eigenvalue weighted by atomic mass is 10.1. The van der Waals surface area contributed by atoms with Crippen LogP contribution in [0, 0.1) is 17.2 Å². The molecule has 1 amide bonds. The number of amides is 1. The van der Waals surface area contributed by atoms with Crippen molar-refractivity contribution < 1.29 is 4.79 Å². The highest BCUT2D eigenvalue weighted by molar-refractivity contribution is 5.76. The zero-order valence-electron chi connectivity index (χ0n) is 9.44. The Balaban J connectivity index is 2.34. The quantitative estimate of drug-likeness (QED) is 0.730. The lowest BCUT2D eigenvalue weighted by molar-refractivity contribution is -0.132. The maximum Gasteiger partial charge on any atom is 0.224 e. The van der Waals surface area contributed by atoms with Crippen LogP contribution in [0.15, 0.2) is 0 Å². The van der Waals surface area contributed by atoms with Crippen molar-refractivity contribution in [1.82, 2.24) is 4.90 Å². The predicted molar refractivity (Wildman–Crippen MR) is 57.8 cm³/mol. The molecule has 2 atom stereocenters. The van der Waals surface area contributed by atoms with E-state index >= 15 is 0 Å². The second-order valence-electron chi connectivity index (χ2n) is 4.42. The molecule has 0 aromatic rings. The summed E-state index contributed by atoms with van der Waals surface area (Å²) in [6.07, 6.45) is 3.11. The van der Waals surface area contributed by atoms with Gasteiger partial charge in [-0.2, -0.15) is 5.26 Å². The number of rotatable bonds is 5. The predicted octanol–water partition coefficient (Wildman–Crippen LogP) is 0.874. The second-order valence-corrected chi connectivity index (χ2v) is 4.42. The van der Waals surface area contributed by atoms with E-state index in [1.54, 1.807) is 11.9 Å². The van der Waals surface area contributed by atoms with E-state index in [0.717, 1.165) is 12.8 Å². The lowest BCUT2D eigenvalue weighted by Crippen LogP contribution is -2.39. The average Bonchev–Trinajstić information content (AvgIpc) is 2.99. The summed E-state index contributed by atoms with van der Waals surface area (Å²) in [7, 11) is 1.74. The third-order valence-corrected chi connectivity index (χ3v) is 3.08. The van der Waals surface area contributed by atoms with Gasteiger partial charge in [-0.05, 0) is 25.7 Å². The minimum absolute atomic E-state index is 0.00855. The van der Waals surface area contributed by atoms with Gasteiger partial charge in [-0.25, -0.2) is 0 Å². The molecule has 0 aromatic carbocycles. The van der Waals surface area contributed by atoms with E-state index in [-0.39, 0.29) is 18.0 Å². The molecule has 0 bridgehead atoms. The Labute approximate surface area is 91.0 Å². The number of nitrogens with zero attached hydrogens (tertiary/aromatic N) is 2. The second kappa shape index (κ2) is 5.13. The van der Waals surface area contributed by atoms with Crippen molar-refractivity contribution in [2.24, 2.45) is 11.7 Å². The van der Waals surface area contributed by atoms with Crippen LogP contribution in [-0.2, 0) is 4.79 Å². The van der Waals surface area contributed by atoms with Gasteiger partial charge in [0.1, 0.15) is 0 Å². The monoisotopic (exact) mass is 209 g/mol. The number of carbonyl (C=O) groups excluding carboxylic acids is 1. The summed E-state index contributed by atoms with van der Waals surface area (Å²) in [6.45, 7) is 1.88. The van der Waals surface area contributed by atoms with Crippen LogP contribution in [0.4, 0.5) is 0 Å². The molecule has 2 N–H and O–H groups in total. The van der Waals surface area contributed by atoms with Gasteiger partial charge in [-0.3, -0.25) is 4.79 Å². The standard InChI is InChI=1S/C11H19N3O/c1-8(5-6-12)14(2)11(15)7-10(13)9-3-4-9/h8-10H,3-5,7,13H2,1-2H3. The third-order valence-electron chi connectivity index (χ3n) is 3.08. The fourth-order valence-corrected chi connectivity index (χ4v) is 1.55. The summed E-state index contributed by atoms with van der Waals surface area (Å²) >= 11 is 0. The highest BCUT2D eigenvalue weighted by Gasteiger charge is 2.31. The number of nitrogens with two attached hydrogens (primary N) is 1. The molecule has 0 aliphatic heterocycles. The summed E-state index contributed by atoms with van der Waals surface area (Å²) in [6, 6.07) is 2.06. The normalized spacial score (nSPS) is 19.1. The molecule has 4 nitrogen and oxygen atoms in total. The molecule has 1 saturated carbocycles. The van der Waals surface area contributed by atoms with Gasteiger partial charge >= 0.3 is 0 Å². The van der Waals surface area contributed by atoms with Gasteiger partial charge in [0, 0.05) is 25.6 Å². The van der Waals surface area contributed by atoms with Crippen LogP contribution in [0.25, 0.3) is 0 Å². The summed E-state index contributed by atoms with van der Waals surface area (Å²) in [4.78, 5) is 13.4. The average molecular weight is 209 g/mol. The number of carbonyl (C=O) groups is 1. The maximum absolute atomic E-state index is 11.7. The van der Waals surface area contributed by atoms with Crippen molar-refractivity contribution in [3.05, 3.63) is 0 Å². The highest BCUT2D eigenvalue weighted by Crippen LogP contribution is 2.33. The van der Waals surface area contributed by atoms with Gasteiger partial charge in [0.15, 0.2) is 0 Å². The SMILES string of the molecule is CC(CC#N)N(C)C(=O)CC(N)C1CC1. The molecule has 0 saturated heterocycles. The fourth-order valence-electron chi connectivity index (χ4n) is 1.55. The minimum Gasteiger partial charge on any atom is -0.342 e. The topological polar surface area (TPSA) is 70.1 Å². The first-order chi connectivity index (χ1) is 7.06. The third kappa shape index (κ3) is 3.52. The van der Waals surface area contributed by atoms with Gasteiger partial charge in [-0.1, -0.05) is 0 Å². The van der Waals surface area contributed by atoms with E-state index < -0.39 is 0 Å². The van der Waals surface area contributed by atoms with E-state index in [0.29, 0.717) is 18.8 Å². The Kier molecular flexibility index (Phi) is 4.10. The Morgan fingerprint density at radius 2 is 2.27 bits per heavy atom. The summed E-state index contributed by atoms with van der Waals surface area (Å²) in [5, 5.41) is 8.53. The minimum atomic E-state index is -0.0195. The Hall–Kier alpha value is -1.08. The fraction of sp³-hybridized carbons (Fsp3) is 0.818. The smallest absolute Gasteiger partial charge is 0.224 e. The zero-order chi connectivity index (χ0) is 11.4. The molecule has 15 heavy (non-hydrogen) atoms. The van der Waals surface area contributed by atoms with Crippen LogP contribution < -0.4 is 5.73 Å². The molecule has 0 spiro atoms. The Morgan fingerprint density at radius 1 is 1.67 bits per heavy atom. The van der Waals surface area contributed by atoms with E-state index in [1.165, 1.54) is 0 Å². The van der Waals surface area contributed by atoms with E-state index in [1.807, 2.05) is 6.92 Å². The van der Waals surface area contributed by atoms with Crippen LogP contribution in [0.3, 0.4) is 0 Å². The first kappa shape index (κ1) is 12.0. The maximum atomic E-state index is 11.7. The lowest BCUT2D eigenvalue weighted by Gasteiger charge is -2.24. The van der Waals surface area contributed by atoms with E-state index in [4.69, 9.17) is 11.0 Å². The summed E-state index contributed by atoms with van der Waals surface area (Å²) < 4.78 is 0. The van der Waals surface area contributed by atoms with Crippen LogP contribution >= 0.6 is 0 Å². The first-order valence-corrected chi connectivity index (χ1v) is 5.44. The van der Waals surface area contributed by atoms with Crippen molar-refractivity contribution in [3.8, 4) is 6.07 Å². The Bertz CT molecular complexity index is 267. The molecule has 1 rings (SSSR count). The van der Waals surface area contributed by atoms with Gasteiger partial charge in [0.05, 0.1) is 12.5 Å². The van der Waals surface area contributed by atoms with Crippen molar-refractivity contribution in [1.29, 1.82) is 5.26 Å². The Morgan fingerprint density at radius 3 is 2.73 bits per heavy atom. The molecule has 1 fully saturated rings. The van der Waals surface area contributed by atoms with Crippen LogP contribution in [-0.4, -0.2) is 29.9 Å². The van der Waals surface area contributed by atoms with Crippen molar-refractivity contribution in [2.45, 2.75) is 44.7 Å². The van der Waals surface area contributed by atoms with Gasteiger partial charge in [0.25, 0.3) is 0 Å². The molecule has 1 aliphatic carbocycles. The largest absolute Gasteiger partial charge is 0.342 e. The molecular formula is C11H19N3O. The molecule has 1 aliphatic rings. The molecule has 0 radical (unpaired) electrons. The molecule has 4 heteroatoms. The number of nitriles is 1. The van der Waals surface area contributed by atoms with Crippen LogP contribution in [0.5, 0.6) is 0 Å². The molecule has 0 heterocycles. The van der Waals surface area contributed by atoms with Gasteiger partial charge < -0.3 is 10.6 Å². The molecule has 0 aromatic heterocycles. The van der Waals surface area contributed by atoms with E-state index in [9.17, 15) is 4.79 Å². The van der Waals surface area contributed by atoms with E-state index in [2.05, 4.69) is 6.07 Å². The van der Waals surface area contributed by atoms with Crippen molar-refractivity contribution in [3.63, 3.8) is 0 Å². The molecule has 84 valence electrons. The first-order valence-electron chi connectivity index (χ1n) is 5.44.